The first-order chi connectivity index (χ1) is 13.1. The SMILES string of the molecule is CNC(=S)N(Cc1cc2cc3c(cc2[nH]c1=O)OCCO3)C[C@H]1CCCO1. The second kappa shape index (κ2) is 7.74. The number of hydrogen-bond donors (Lipinski definition) is 2. The van der Waals surface area contributed by atoms with E-state index in [4.69, 9.17) is 26.4 Å². The van der Waals surface area contributed by atoms with Crippen LogP contribution in [-0.2, 0) is 11.3 Å². The minimum atomic E-state index is -0.129. The van der Waals surface area contributed by atoms with Crippen molar-refractivity contribution in [2.45, 2.75) is 25.5 Å². The van der Waals surface area contributed by atoms with E-state index in [1.807, 2.05) is 23.1 Å². The van der Waals surface area contributed by atoms with Gasteiger partial charge in [-0.05, 0) is 37.2 Å². The Morgan fingerprint density at radius 1 is 1.26 bits per heavy atom. The number of aromatic nitrogens is 1. The van der Waals surface area contributed by atoms with E-state index < -0.39 is 0 Å². The first-order valence-electron chi connectivity index (χ1n) is 9.18. The third-order valence-corrected chi connectivity index (χ3v) is 5.36. The normalized spacial score (nSPS) is 18.5. The Morgan fingerprint density at radius 3 is 2.74 bits per heavy atom. The Bertz CT molecular complexity index is 908. The molecule has 1 aromatic heterocycles. The molecule has 0 spiro atoms. The molecule has 0 amide bonds. The summed E-state index contributed by atoms with van der Waals surface area (Å²) in [4.78, 5) is 17.6. The number of benzene rings is 1. The van der Waals surface area contributed by atoms with Crippen molar-refractivity contribution in [3.63, 3.8) is 0 Å². The van der Waals surface area contributed by atoms with Crippen molar-refractivity contribution in [2.24, 2.45) is 0 Å². The van der Waals surface area contributed by atoms with Gasteiger partial charge in [-0.1, -0.05) is 0 Å². The molecule has 27 heavy (non-hydrogen) atoms. The van der Waals surface area contributed by atoms with Crippen molar-refractivity contribution in [3.8, 4) is 11.5 Å². The molecule has 1 atom stereocenters. The highest BCUT2D eigenvalue weighted by atomic mass is 32.1. The van der Waals surface area contributed by atoms with E-state index in [1.54, 1.807) is 7.05 Å². The number of thiocarbonyl (C=S) groups is 1. The minimum Gasteiger partial charge on any atom is -0.486 e. The van der Waals surface area contributed by atoms with Crippen LogP contribution in [0.15, 0.2) is 23.0 Å². The van der Waals surface area contributed by atoms with Crippen LogP contribution in [0.2, 0.25) is 0 Å². The summed E-state index contributed by atoms with van der Waals surface area (Å²) in [6.45, 7) is 2.91. The van der Waals surface area contributed by atoms with Gasteiger partial charge in [-0.2, -0.15) is 0 Å². The van der Waals surface area contributed by atoms with Gasteiger partial charge < -0.3 is 29.4 Å². The van der Waals surface area contributed by atoms with E-state index in [9.17, 15) is 4.79 Å². The maximum atomic E-state index is 12.6. The average molecular weight is 389 g/mol. The molecule has 1 fully saturated rings. The number of nitrogens with zero attached hydrogens (tertiary/aromatic N) is 1. The van der Waals surface area contributed by atoms with Crippen LogP contribution >= 0.6 is 12.2 Å². The second-order valence-electron chi connectivity index (χ2n) is 6.78. The van der Waals surface area contributed by atoms with Gasteiger partial charge in [-0.15, -0.1) is 0 Å². The van der Waals surface area contributed by atoms with Gasteiger partial charge in [0.25, 0.3) is 5.56 Å². The van der Waals surface area contributed by atoms with Crippen LogP contribution in [0.4, 0.5) is 0 Å². The standard InChI is InChI=1S/C19H23N3O4S/c1-20-19(27)22(11-14-3-2-4-24-14)10-13-7-12-8-16-17(26-6-5-25-16)9-15(12)21-18(13)23/h7-9,14H,2-6,10-11H2,1H3,(H,20,27)(H,21,23)/t14-/m1/s1. The van der Waals surface area contributed by atoms with E-state index >= 15 is 0 Å². The zero-order valence-corrected chi connectivity index (χ0v) is 16.1. The third-order valence-electron chi connectivity index (χ3n) is 4.89. The first-order valence-corrected chi connectivity index (χ1v) is 9.58. The lowest BCUT2D eigenvalue weighted by atomic mass is 10.1. The third kappa shape index (κ3) is 3.86. The molecular weight excluding hydrogens is 366 g/mol. The van der Waals surface area contributed by atoms with Crippen LogP contribution in [0, 0.1) is 0 Å². The average Bonchev–Trinajstić information content (AvgIpc) is 3.19. The van der Waals surface area contributed by atoms with Crippen LogP contribution in [0.1, 0.15) is 18.4 Å². The van der Waals surface area contributed by atoms with Gasteiger partial charge in [0.05, 0.1) is 18.2 Å². The first kappa shape index (κ1) is 18.1. The largest absolute Gasteiger partial charge is 0.486 e. The molecule has 8 heteroatoms. The molecule has 2 N–H and O–H groups in total. The van der Waals surface area contributed by atoms with E-state index in [0.29, 0.717) is 48.5 Å². The van der Waals surface area contributed by atoms with E-state index in [2.05, 4.69) is 10.3 Å². The fourth-order valence-corrected chi connectivity index (χ4v) is 3.66. The fraction of sp³-hybridized carbons (Fsp3) is 0.474. The van der Waals surface area contributed by atoms with E-state index in [1.165, 1.54) is 0 Å². The summed E-state index contributed by atoms with van der Waals surface area (Å²) in [5, 5.41) is 4.52. The smallest absolute Gasteiger partial charge is 0.253 e. The van der Waals surface area contributed by atoms with Crippen LogP contribution < -0.4 is 20.3 Å². The number of hydrogen-bond acceptors (Lipinski definition) is 5. The number of nitrogens with one attached hydrogen (secondary N) is 2. The Morgan fingerprint density at radius 2 is 2.04 bits per heavy atom. The molecule has 1 saturated heterocycles. The summed E-state index contributed by atoms with van der Waals surface area (Å²) in [5.41, 5.74) is 1.25. The highest BCUT2D eigenvalue weighted by Gasteiger charge is 2.22. The maximum Gasteiger partial charge on any atom is 0.253 e. The molecule has 1 aromatic carbocycles. The molecule has 0 radical (unpaired) electrons. The lowest BCUT2D eigenvalue weighted by molar-refractivity contribution is 0.0898. The van der Waals surface area contributed by atoms with Gasteiger partial charge in [0.2, 0.25) is 0 Å². The monoisotopic (exact) mass is 389 g/mol. The Kier molecular flexibility index (Phi) is 5.18. The van der Waals surface area contributed by atoms with Crippen molar-refractivity contribution >= 4 is 28.2 Å². The zero-order chi connectivity index (χ0) is 18.8. The highest BCUT2D eigenvalue weighted by Crippen LogP contribution is 2.33. The van der Waals surface area contributed by atoms with Gasteiger partial charge in [-0.3, -0.25) is 4.79 Å². The molecule has 2 aliphatic rings. The molecule has 4 rings (SSSR count). The van der Waals surface area contributed by atoms with Crippen LogP contribution in [0.5, 0.6) is 11.5 Å². The van der Waals surface area contributed by atoms with Gasteiger partial charge in [0, 0.05) is 37.2 Å². The molecule has 0 unspecified atom stereocenters. The summed E-state index contributed by atoms with van der Waals surface area (Å²) in [7, 11) is 1.79. The summed E-state index contributed by atoms with van der Waals surface area (Å²) in [5.74, 6) is 1.36. The fourth-order valence-electron chi connectivity index (χ4n) is 3.52. The lowest BCUT2D eigenvalue weighted by Gasteiger charge is -2.27. The number of rotatable bonds is 4. The van der Waals surface area contributed by atoms with Crippen molar-refractivity contribution in [2.75, 3.05) is 33.4 Å². The van der Waals surface area contributed by atoms with Crippen LogP contribution in [0.25, 0.3) is 10.9 Å². The second-order valence-corrected chi connectivity index (χ2v) is 7.16. The predicted octanol–water partition coefficient (Wildman–Crippen LogP) is 1.78. The predicted molar refractivity (Wildman–Crippen MR) is 107 cm³/mol. The maximum absolute atomic E-state index is 12.6. The number of fused-ring (bicyclic) bond motifs is 2. The summed E-state index contributed by atoms with van der Waals surface area (Å²) < 4.78 is 17.0. The molecule has 2 aliphatic heterocycles. The lowest BCUT2D eigenvalue weighted by Crippen LogP contribution is -2.42. The van der Waals surface area contributed by atoms with Crippen LogP contribution in [-0.4, -0.2) is 54.5 Å². The Labute approximate surface area is 162 Å². The molecular formula is C19H23N3O4S. The number of H-pyrrole nitrogens is 1. The summed E-state index contributed by atoms with van der Waals surface area (Å²) in [6, 6.07) is 5.62. The Balaban J connectivity index is 1.63. The van der Waals surface area contributed by atoms with Crippen molar-refractivity contribution in [3.05, 3.63) is 34.1 Å². The molecule has 7 nitrogen and oxygen atoms in total. The molecule has 3 heterocycles. The zero-order valence-electron chi connectivity index (χ0n) is 15.2. The van der Waals surface area contributed by atoms with E-state index in [-0.39, 0.29) is 11.7 Å². The quantitative estimate of drug-likeness (QED) is 0.772. The van der Waals surface area contributed by atoms with Gasteiger partial charge in [0.15, 0.2) is 16.6 Å². The van der Waals surface area contributed by atoms with Gasteiger partial charge >= 0.3 is 0 Å². The molecule has 0 aliphatic carbocycles. The van der Waals surface area contributed by atoms with Crippen molar-refractivity contribution in [1.82, 2.24) is 15.2 Å². The van der Waals surface area contributed by atoms with E-state index in [0.717, 1.165) is 30.4 Å². The summed E-state index contributed by atoms with van der Waals surface area (Å²) >= 11 is 5.44. The minimum absolute atomic E-state index is 0.129. The number of ether oxygens (including phenoxy) is 3. The molecule has 0 saturated carbocycles. The number of aromatic amines is 1. The molecule has 144 valence electrons. The van der Waals surface area contributed by atoms with Gasteiger partial charge in [-0.25, -0.2) is 0 Å². The Hall–Kier alpha value is -2.32. The molecule has 2 aromatic rings. The van der Waals surface area contributed by atoms with Gasteiger partial charge in [0.1, 0.15) is 13.2 Å². The van der Waals surface area contributed by atoms with Crippen molar-refractivity contribution < 1.29 is 14.2 Å². The topological polar surface area (TPSA) is 75.8 Å². The number of pyridine rings is 1. The summed E-state index contributed by atoms with van der Waals surface area (Å²) in [6.07, 6.45) is 2.22. The molecule has 0 bridgehead atoms. The van der Waals surface area contributed by atoms with Crippen LogP contribution in [0.3, 0.4) is 0 Å². The van der Waals surface area contributed by atoms with Crippen molar-refractivity contribution in [1.29, 1.82) is 0 Å². The highest BCUT2D eigenvalue weighted by molar-refractivity contribution is 7.80.